The Labute approximate surface area is 147 Å². The third-order valence-electron chi connectivity index (χ3n) is 4.08. The van der Waals surface area contributed by atoms with Crippen molar-refractivity contribution in [3.05, 3.63) is 57.1 Å². The van der Waals surface area contributed by atoms with Crippen molar-refractivity contribution in [2.75, 3.05) is 6.54 Å². The topological polar surface area (TPSA) is 74.0 Å². The molecular formula is C17H14ClN3O2S. The Hall–Kier alpha value is -2.31. The standard InChI is InChI=1S/C17H14ClN3O2S/c18-14-7-11-6-13(21-17(11)24-14)16(23)20-8-9-1-2-10-3-4-19-15(22)12(10)5-9/h1-2,5-7,21H,3-4,8H2,(H,19,22)(H,20,23). The lowest BCUT2D eigenvalue weighted by molar-refractivity contribution is 0.0940. The van der Waals surface area contributed by atoms with Gasteiger partial charge in [-0.2, -0.15) is 0 Å². The summed E-state index contributed by atoms with van der Waals surface area (Å²) in [7, 11) is 0. The molecule has 0 unspecified atom stereocenters. The van der Waals surface area contributed by atoms with Crippen molar-refractivity contribution in [2.24, 2.45) is 0 Å². The summed E-state index contributed by atoms with van der Waals surface area (Å²) >= 11 is 7.34. The molecule has 1 aliphatic heterocycles. The zero-order chi connectivity index (χ0) is 16.7. The van der Waals surface area contributed by atoms with Crippen LogP contribution in [0.4, 0.5) is 0 Å². The number of H-pyrrole nitrogens is 1. The van der Waals surface area contributed by atoms with Gasteiger partial charge in [-0.3, -0.25) is 9.59 Å². The Morgan fingerprint density at radius 3 is 3.00 bits per heavy atom. The van der Waals surface area contributed by atoms with Gasteiger partial charge in [-0.05, 0) is 35.7 Å². The average Bonchev–Trinajstić information content (AvgIpc) is 3.10. The van der Waals surface area contributed by atoms with E-state index >= 15 is 0 Å². The van der Waals surface area contributed by atoms with Crippen molar-refractivity contribution in [1.29, 1.82) is 0 Å². The molecule has 0 radical (unpaired) electrons. The van der Waals surface area contributed by atoms with Crippen LogP contribution in [0.5, 0.6) is 0 Å². The van der Waals surface area contributed by atoms with Gasteiger partial charge >= 0.3 is 0 Å². The molecule has 2 aromatic heterocycles. The van der Waals surface area contributed by atoms with E-state index in [1.165, 1.54) is 11.3 Å². The summed E-state index contributed by atoms with van der Waals surface area (Å²) in [6.07, 6.45) is 0.843. The number of rotatable bonds is 3. The Morgan fingerprint density at radius 1 is 1.29 bits per heavy atom. The van der Waals surface area contributed by atoms with E-state index in [9.17, 15) is 9.59 Å². The van der Waals surface area contributed by atoms with E-state index in [0.29, 0.717) is 28.7 Å². The van der Waals surface area contributed by atoms with Crippen LogP contribution in [0.3, 0.4) is 0 Å². The number of halogens is 1. The molecule has 0 bridgehead atoms. The van der Waals surface area contributed by atoms with Crippen molar-refractivity contribution < 1.29 is 9.59 Å². The maximum Gasteiger partial charge on any atom is 0.268 e. The first-order valence-electron chi connectivity index (χ1n) is 7.56. The molecule has 3 aromatic rings. The monoisotopic (exact) mass is 359 g/mol. The number of aromatic amines is 1. The van der Waals surface area contributed by atoms with E-state index in [1.54, 1.807) is 6.07 Å². The third-order valence-corrected chi connectivity index (χ3v) is 5.27. The van der Waals surface area contributed by atoms with Crippen molar-refractivity contribution in [1.82, 2.24) is 15.6 Å². The van der Waals surface area contributed by atoms with Crippen LogP contribution in [0.1, 0.15) is 32.0 Å². The zero-order valence-corrected chi connectivity index (χ0v) is 14.2. The highest BCUT2D eigenvalue weighted by Gasteiger charge is 2.17. The molecule has 0 saturated carbocycles. The van der Waals surface area contributed by atoms with Crippen molar-refractivity contribution >= 4 is 45.0 Å². The summed E-state index contributed by atoms with van der Waals surface area (Å²) < 4.78 is 0.690. The first-order valence-corrected chi connectivity index (χ1v) is 8.76. The van der Waals surface area contributed by atoms with Crippen LogP contribution in [0.2, 0.25) is 4.34 Å². The van der Waals surface area contributed by atoms with Crippen molar-refractivity contribution in [3.63, 3.8) is 0 Å². The first kappa shape index (κ1) is 15.2. The molecule has 24 heavy (non-hydrogen) atoms. The molecule has 122 valence electrons. The summed E-state index contributed by atoms with van der Waals surface area (Å²) in [6, 6.07) is 9.37. The van der Waals surface area contributed by atoms with Crippen LogP contribution in [-0.4, -0.2) is 23.3 Å². The summed E-state index contributed by atoms with van der Waals surface area (Å²) in [5.74, 6) is -0.234. The lowest BCUT2D eigenvalue weighted by Crippen LogP contribution is -2.32. The molecule has 7 heteroatoms. The molecule has 2 amide bonds. The number of carbonyl (C=O) groups is 2. The molecule has 1 aromatic carbocycles. The minimum absolute atomic E-state index is 0.0501. The Balaban J connectivity index is 1.48. The van der Waals surface area contributed by atoms with E-state index in [0.717, 1.165) is 27.8 Å². The second-order valence-corrected chi connectivity index (χ2v) is 7.38. The molecule has 0 aliphatic carbocycles. The van der Waals surface area contributed by atoms with Gasteiger partial charge in [0.1, 0.15) is 10.5 Å². The summed E-state index contributed by atoms with van der Waals surface area (Å²) in [5, 5.41) is 6.63. The fourth-order valence-electron chi connectivity index (χ4n) is 2.86. The van der Waals surface area contributed by atoms with Crippen molar-refractivity contribution in [2.45, 2.75) is 13.0 Å². The second kappa shape index (κ2) is 5.96. The Kier molecular flexibility index (Phi) is 3.78. The molecule has 0 fully saturated rings. The SMILES string of the molecule is O=C(NCc1ccc2c(c1)C(=O)NCC2)c1cc2cc(Cl)sc2[nH]1. The van der Waals surface area contributed by atoms with Crippen LogP contribution in [-0.2, 0) is 13.0 Å². The van der Waals surface area contributed by atoms with Gasteiger partial charge in [0.05, 0.1) is 4.34 Å². The second-order valence-electron chi connectivity index (χ2n) is 5.70. The highest BCUT2D eigenvalue weighted by Crippen LogP contribution is 2.29. The molecule has 4 rings (SSSR count). The summed E-state index contributed by atoms with van der Waals surface area (Å²) in [4.78, 5) is 28.1. The molecule has 0 atom stereocenters. The predicted molar refractivity (Wildman–Crippen MR) is 94.8 cm³/mol. The highest BCUT2D eigenvalue weighted by atomic mass is 35.5. The van der Waals surface area contributed by atoms with E-state index in [1.807, 2.05) is 24.3 Å². The van der Waals surface area contributed by atoms with E-state index in [4.69, 9.17) is 11.6 Å². The van der Waals surface area contributed by atoms with Gasteiger partial charge < -0.3 is 15.6 Å². The number of amides is 2. The van der Waals surface area contributed by atoms with Crippen LogP contribution in [0.25, 0.3) is 10.2 Å². The van der Waals surface area contributed by atoms with Gasteiger partial charge in [0.2, 0.25) is 0 Å². The first-order chi connectivity index (χ1) is 11.6. The van der Waals surface area contributed by atoms with Gasteiger partial charge in [-0.25, -0.2) is 0 Å². The van der Waals surface area contributed by atoms with Gasteiger partial charge in [0, 0.05) is 24.0 Å². The number of hydrogen-bond donors (Lipinski definition) is 3. The van der Waals surface area contributed by atoms with E-state index < -0.39 is 0 Å². The Morgan fingerprint density at radius 2 is 2.17 bits per heavy atom. The quantitative estimate of drug-likeness (QED) is 0.672. The molecule has 0 spiro atoms. The maximum absolute atomic E-state index is 12.3. The van der Waals surface area contributed by atoms with Crippen LogP contribution >= 0.6 is 22.9 Å². The molecule has 5 nitrogen and oxygen atoms in total. The number of nitrogens with one attached hydrogen (secondary N) is 3. The molecular weight excluding hydrogens is 346 g/mol. The molecule has 3 N–H and O–H groups in total. The maximum atomic E-state index is 12.3. The molecule has 1 aliphatic rings. The predicted octanol–water partition coefficient (Wildman–Crippen LogP) is 3.10. The largest absolute Gasteiger partial charge is 0.352 e. The highest BCUT2D eigenvalue weighted by molar-refractivity contribution is 7.22. The fraction of sp³-hybridized carbons (Fsp3) is 0.176. The molecule has 0 saturated heterocycles. The van der Waals surface area contributed by atoms with E-state index in [-0.39, 0.29) is 11.8 Å². The van der Waals surface area contributed by atoms with Crippen LogP contribution < -0.4 is 10.6 Å². The lowest BCUT2D eigenvalue weighted by atomic mass is 9.98. The zero-order valence-electron chi connectivity index (χ0n) is 12.6. The third kappa shape index (κ3) is 2.79. The molecule has 3 heterocycles. The average molecular weight is 360 g/mol. The summed E-state index contributed by atoms with van der Waals surface area (Å²) in [6.45, 7) is 1.04. The minimum Gasteiger partial charge on any atom is -0.352 e. The summed E-state index contributed by atoms with van der Waals surface area (Å²) in [5.41, 5.74) is 3.15. The van der Waals surface area contributed by atoms with Gasteiger partial charge in [0.15, 0.2) is 0 Å². The van der Waals surface area contributed by atoms with Gasteiger partial charge in [-0.15, -0.1) is 11.3 Å². The van der Waals surface area contributed by atoms with Gasteiger partial charge in [-0.1, -0.05) is 23.7 Å². The smallest absolute Gasteiger partial charge is 0.268 e. The van der Waals surface area contributed by atoms with Crippen molar-refractivity contribution in [3.8, 4) is 0 Å². The number of carbonyl (C=O) groups excluding carboxylic acids is 2. The fourth-order valence-corrected chi connectivity index (χ4v) is 3.99. The number of benzene rings is 1. The van der Waals surface area contributed by atoms with E-state index in [2.05, 4.69) is 15.6 Å². The van der Waals surface area contributed by atoms with Crippen LogP contribution in [0, 0.1) is 0 Å². The number of hydrogen-bond acceptors (Lipinski definition) is 3. The lowest BCUT2D eigenvalue weighted by Gasteiger charge is -2.17. The number of thiophene rings is 1. The normalized spacial score (nSPS) is 13.6. The van der Waals surface area contributed by atoms with Crippen LogP contribution in [0.15, 0.2) is 30.3 Å². The number of aromatic nitrogens is 1. The number of fused-ring (bicyclic) bond motifs is 2. The minimum atomic E-state index is -0.184. The van der Waals surface area contributed by atoms with Gasteiger partial charge in [0.25, 0.3) is 11.8 Å². The Bertz CT molecular complexity index is 929.